The van der Waals surface area contributed by atoms with Crippen LogP contribution in [0.2, 0.25) is 0 Å². The molecule has 1 saturated heterocycles. The first-order valence-electron chi connectivity index (χ1n) is 9.06. The van der Waals surface area contributed by atoms with Crippen molar-refractivity contribution in [2.75, 3.05) is 36.4 Å². The molecule has 1 fully saturated rings. The van der Waals surface area contributed by atoms with Crippen molar-refractivity contribution < 1.29 is 4.79 Å². The molecule has 0 saturated carbocycles. The maximum Gasteiger partial charge on any atom is 0.321 e. The van der Waals surface area contributed by atoms with Gasteiger partial charge in [0.25, 0.3) is 0 Å². The molecule has 0 atom stereocenters. The van der Waals surface area contributed by atoms with E-state index in [9.17, 15) is 4.79 Å². The van der Waals surface area contributed by atoms with Gasteiger partial charge in [-0.15, -0.1) is 0 Å². The topological polar surface area (TPSA) is 51.4 Å². The number of piperazine rings is 1. The highest BCUT2D eigenvalue weighted by molar-refractivity contribution is 5.93. The molecule has 4 rings (SSSR count). The van der Waals surface area contributed by atoms with Gasteiger partial charge in [-0.2, -0.15) is 0 Å². The van der Waals surface area contributed by atoms with Crippen LogP contribution < -0.4 is 10.2 Å². The number of rotatable bonds is 2. The van der Waals surface area contributed by atoms with Gasteiger partial charge in [0.15, 0.2) is 0 Å². The molecule has 26 heavy (non-hydrogen) atoms. The second kappa shape index (κ2) is 6.75. The molecule has 2 heterocycles. The first kappa shape index (κ1) is 16.5. The number of hydrogen-bond acceptors (Lipinski definition) is 2. The van der Waals surface area contributed by atoms with E-state index >= 15 is 0 Å². The lowest BCUT2D eigenvalue weighted by atomic mass is 10.1. The predicted octanol–water partition coefficient (Wildman–Crippen LogP) is 4.14. The van der Waals surface area contributed by atoms with Crippen molar-refractivity contribution in [2.45, 2.75) is 13.8 Å². The van der Waals surface area contributed by atoms with Gasteiger partial charge < -0.3 is 20.1 Å². The molecule has 0 radical (unpaired) electrons. The fraction of sp³-hybridized carbons (Fsp3) is 0.286. The van der Waals surface area contributed by atoms with Crippen molar-refractivity contribution in [3.8, 4) is 0 Å². The fourth-order valence-electron chi connectivity index (χ4n) is 3.58. The second-order valence-corrected chi connectivity index (χ2v) is 6.87. The van der Waals surface area contributed by atoms with Gasteiger partial charge in [0, 0.05) is 54.7 Å². The van der Waals surface area contributed by atoms with Crippen LogP contribution in [0.15, 0.2) is 48.7 Å². The van der Waals surface area contributed by atoms with Gasteiger partial charge in [-0.05, 0) is 49.2 Å². The summed E-state index contributed by atoms with van der Waals surface area (Å²) >= 11 is 0. The minimum Gasteiger partial charge on any atom is -0.367 e. The first-order chi connectivity index (χ1) is 12.6. The Morgan fingerprint density at radius 2 is 1.77 bits per heavy atom. The van der Waals surface area contributed by atoms with Gasteiger partial charge in [-0.1, -0.05) is 18.2 Å². The lowest BCUT2D eigenvalue weighted by Gasteiger charge is -2.36. The summed E-state index contributed by atoms with van der Waals surface area (Å²) in [5.74, 6) is 0. The molecule has 5 heteroatoms. The predicted molar refractivity (Wildman–Crippen MR) is 107 cm³/mol. The van der Waals surface area contributed by atoms with Gasteiger partial charge in [0.05, 0.1) is 0 Å². The lowest BCUT2D eigenvalue weighted by molar-refractivity contribution is 0.208. The number of urea groups is 1. The third kappa shape index (κ3) is 3.01. The van der Waals surface area contributed by atoms with E-state index in [0.29, 0.717) is 0 Å². The summed E-state index contributed by atoms with van der Waals surface area (Å²) in [6, 6.07) is 14.4. The van der Waals surface area contributed by atoms with E-state index in [4.69, 9.17) is 0 Å². The Morgan fingerprint density at radius 1 is 1.00 bits per heavy atom. The highest BCUT2D eigenvalue weighted by atomic mass is 16.2. The molecular formula is C21H24N4O. The number of benzene rings is 2. The fourth-order valence-corrected chi connectivity index (χ4v) is 3.58. The number of carbonyl (C=O) groups is 1. The van der Waals surface area contributed by atoms with E-state index in [1.807, 2.05) is 30.2 Å². The molecule has 5 nitrogen and oxygen atoms in total. The minimum atomic E-state index is -0.0156. The zero-order chi connectivity index (χ0) is 18.1. The number of aromatic amines is 1. The van der Waals surface area contributed by atoms with Gasteiger partial charge >= 0.3 is 6.03 Å². The van der Waals surface area contributed by atoms with Crippen LogP contribution >= 0.6 is 0 Å². The van der Waals surface area contributed by atoms with Crippen LogP contribution in [0, 0.1) is 13.8 Å². The molecule has 1 aromatic heterocycles. The third-order valence-corrected chi connectivity index (χ3v) is 5.33. The van der Waals surface area contributed by atoms with E-state index in [2.05, 4.69) is 52.5 Å². The molecule has 2 amide bonds. The Labute approximate surface area is 153 Å². The molecule has 1 aliphatic rings. The molecule has 2 aromatic carbocycles. The number of hydrogen-bond donors (Lipinski definition) is 2. The third-order valence-electron chi connectivity index (χ3n) is 5.33. The Hall–Kier alpha value is -2.95. The van der Waals surface area contributed by atoms with E-state index < -0.39 is 0 Å². The van der Waals surface area contributed by atoms with Gasteiger partial charge in [-0.3, -0.25) is 0 Å². The zero-order valence-corrected chi connectivity index (χ0v) is 15.2. The van der Waals surface area contributed by atoms with Gasteiger partial charge in [0.2, 0.25) is 0 Å². The smallest absolute Gasteiger partial charge is 0.321 e. The average Bonchev–Trinajstić information content (AvgIpc) is 3.14. The minimum absolute atomic E-state index is 0.0156. The number of nitrogens with one attached hydrogen (secondary N) is 2. The SMILES string of the molecule is Cc1cccc(NC(=O)N2CCN(c3cccc4[nH]ccc34)CC2)c1C. The Bertz CT molecular complexity index is 938. The van der Waals surface area contributed by atoms with Crippen LogP contribution in [0.25, 0.3) is 10.9 Å². The number of fused-ring (bicyclic) bond motifs is 1. The van der Waals surface area contributed by atoms with E-state index in [-0.39, 0.29) is 6.03 Å². The van der Waals surface area contributed by atoms with Crippen molar-refractivity contribution in [1.82, 2.24) is 9.88 Å². The molecule has 0 aliphatic carbocycles. The number of nitrogens with zero attached hydrogens (tertiary/aromatic N) is 2. The summed E-state index contributed by atoms with van der Waals surface area (Å²) in [5.41, 5.74) is 5.59. The molecule has 2 N–H and O–H groups in total. The summed E-state index contributed by atoms with van der Waals surface area (Å²) in [4.78, 5) is 20.2. The maximum absolute atomic E-state index is 12.6. The van der Waals surface area contributed by atoms with Gasteiger partial charge in [0.1, 0.15) is 0 Å². The number of carbonyl (C=O) groups excluding carboxylic acids is 1. The maximum atomic E-state index is 12.6. The number of anilines is 2. The van der Waals surface area contributed by atoms with Crippen LogP contribution in [0.4, 0.5) is 16.2 Å². The summed E-state index contributed by atoms with van der Waals surface area (Å²) in [6.07, 6.45) is 1.97. The number of aromatic nitrogens is 1. The molecule has 0 spiro atoms. The molecule has 1 aliphatic heterocycles. The van der Waals surface area contributed by atoms with Gasteiger partial charge in [-0.25, -0.2) is 4.79 Å². The molecular weight excluding hydrogens is 324 g/mol. The van der Waals surface area contributed by atoms with Crippen molar-refractivity contribution in [3.63, 3.8) is 0 Å². The van der Waals surface area contributed by atoms with E-state index in [1.54, 1.807) is 0 Å². The molecule has 3 aromatic rings. The van der Waals surface area contributed by atoms with Crippen LogP contribution in [0.1, 0.15) is 11.1 Å². The van der Waals surface area contributed by atoms with Crippen LogP contribution in [-0.4, -0.2) is 42.1 Å². The second-order valence-electron chi connectivity index (χ2n) is 6.87. The molecule has 0 bridgehead atoms. The average molecular weight is 348 g/mol. The highest BCUT2D eigenvalue weighted by Gasteiger charge is 2.22. The summed E-state index contributed by atoms with van der Waals surface area (Å²) in [7, 11) is 0. The van der Waals surface area contributed by atoms with Crippen LogP contribution in [0.3, 0.4) is 0 Å². The molecule has 134 valence electrons. The monoisotopic (exact) mass is 348 g/mol. The number of amides is 2. The first-order valence-corrected chi connectivity index (χ1v) is 9.06. The van der Waals surface area contributed by atoms with Crippen molar-refractivity contribution in [1.29, 1.82) is 0 Å². The number of aryl methyl sites for hydroxylation is 1. The Morgan fingerprint density at radius 3 is 2.58 bits per heavy atom. The van der Waals surface area contributed by atoms with Crippen molar-refractivity contribution >= 4 is 28.3 Å². The van der Waals surface area contributed by atoms with Crippen LogP contribution in [-0.2, 0) is 0 Å². The Balaban J connectivity index is 1.42. The van der Waals surface area contributed by atoms with E-state index in [1.165, 1.54) is 16.6 Å². The lowest BCUT2D eigenvalue weighted by Crippen LogP contribution is -2.50. The normalized spacial score (nSPS) is 14.7. The van der Waals surface area contributed by atoms with Crippen molar-refractivity contribution in [2.24, 2.45) is 0 Å². The zero-order valence-electron chi connectivity index (χ0n) is 15.2. The molecule has 0 unspecified atom stereocenters. The number of H-pyrrole nitrogens is 1. The summed E-state index contributed by atoms with van der Waals surface area (Å²) in [5, 5.41) is 4.30. The van der Waals surface area contributed by atoms with Crippen molar-refractivity contribution in [3.05, 3.63) is 59.8 Å². The largest absolute Gasteiger partial charge is 0.367 e. The van der Waals surface area contributed by atoms with E-state index in [0.717, 1.165) is 42.9 Å². The summed E-state index contributed by atoms with van der Waals surface area (Å²) in [6.45, 7) is 7.22. The standard InChI is InChI=1S/C21H24N4O/c1-15-5-3-6-18(16(15)2)23-21(26)25-13-11-24(12-14-25)20-8-4-7-19-17(20)9-10-22-19/h3-10,22H,11-14H2,1-2H3,(H,23,26). The summed E-state index contributed by atoms with van der Waals surface area (Å²) < 4.78 is 0. The highest BCUT2D eigenvalue weighted by Crippen LogP contribution is 2.27. The van der Waals surface area contributed by atoms with Crippen LogP contribution in [0.5, 0.6) is 0 Å². The Kier molecular flexibility index (Phi) is 4.29. The quantitative estimate of drug-likeness (QED) is 0.731.